The SMILES string of the molecule is CCc1nc(CN2CCC(NC(=O)c3cnn(C)c3)CC2)cs1. The van der Waals surface area contributed by atoms with Gasteiger partial charge in [0.1, 0.15) is 0 Å². The van der Waals surface area contributed by atoms with Crippen molar-refractivity contribution >= 4 is 17.2 Å². The first-order valence-corrected chi connectivity index (χ1v) is 8.97. The van der Waals surface area contributed by atoms with Gasteiger partial charge in [0.05, 0.1) is 22.5 Å². The predicted molar refractivity (Wildman–Crippen MR) is 90.5 cm³/mol. The summed E-state index contributed by atoms with van der Waals surface area (Å²) in [6.45, 7) is 5.05. The first kappa shape index (κ1) is 16.1. The number of carbonyl (C=O) groups is 1. The van der Waals surface area contributed by atoms with E-state index in [1.165, 1.54) is 10.7 Å². The molecule has 0 bridgehead atoms. The Kier molecular flexibility index (Phi) is 5.07. The molecule has 0 spiro atoms. The van der Waals surface area contributed by atoms with Crippen LogP contribution in [0.2, 0.25) is 0 Å². The van der Waals surface area contributed by atoms with E-state index in [0.29, 0.717) is 5.56 Å². The Balaban J connectivity index is 1.45. The lowest BCUT2D eigenvalue weighted by Crippen LogP contribution is -2.44. The van der Waals surface area contributed by atoms with E-state index in [9.17, 15) is 4.79 Å². The lowest BCUT2D eigenvalue weighted by Gasteiger charge is -2.31. The second-order valence-corrected chi connectivity index (χ2v) is 6.96. The number of aromatic nitrogens is 3. The van der Waals surface area contributed by atoms with Gasteiger partial charge in [-0.2, -0.15) is 5.10 Å². The molecule has 124 valence electrons. The first-order valence-electron chi connectivity index (χ1n) is 8.09. The molecule has 3 rings (SSSR count). The Labute approximate surface area is 140 Å². The third-order valence-electron chi connectivity index (χ3n) is 4.18. The molecule has 1 saturated heterocycles. The van der Waals surface area contributed by atoms with Crippen molar-refractivity contribution in [1.82, 2.24) is 25.0 Å². The van der Waals surface area contributed by atoms with Gasteiger partial charge in [-0.05, 0) is 19.3 Å². The number of likely N-dealkylation sites (tertiary alicyclic amines) is 1. The fourth-order valence-electron chi connectivity index (χ4n) is 2.86. The van der Waals surface area contributed by atoms with Crippen LogP contribution in [-0.4, -0.2) is 44.7 Å². The molecule has 0 aliphatic carbocycles. The molecule has 2 aromatic heterocycles. The van der Waals surface area contributed by atoms with E-state index in [0.717, 1.165) is 38.9 Å². The molecule has 0 radical (unpaired) electrons. The summed E-state index contributed by atoms with van der Waals surface area (Å²) in [5.74, 6) is -0.0244. The zero-order valence-electron chi connectivity index (χ0n) is 13.7. The van der Waals surface area contributed by atoms with Crippen molar-refractivity contribution < 1.29 is 4.79 Å². The highest BCUT2D eigenvalue weighted by molar-refractivity contribution is 7.09. The minimum atomic E-state index is -0.0244. The Morgan fingerprint density at radius 1 is 1.43 bits per heavy atom. The van der Waals surface area contributed by atoms with E-state index in [2.05, 4.69) is 32.6 Å². The van der Waals surface area contributed by atoms with Crippen molar-refractivity contribution in [2.24, 2.45) is 7.05 Å². The average molecular weight is 333 g/mol. The van der Waals surface area contributed by atoms with Gasteiger partial charge >= 0.3 is 0 Å². The van der Waals surface area contributed by atoms with Crippen LogP contribution < -0.4 is 5.32 Å². The Morgan fingerprint density at radius 3 is 2.83 bits per heavy atom. The van der Waals surface area contributed by atoms with Crippen molar-refractivity contribution in [3.8, 4) is 0 Å². The van der Waals surface area contributed by atoms with E-state index in [4.69, 9.17) is 0 Å². The van der Waals surface area contributed by atoms with E-state index in [-0.39, 0.29) is 11.9 Å². The molecule has 23 heavy (non-hydrogen) atoms. The minimum Gasteiger partial charge on any atom is -0.349 e. The highest BCUT2D eigenvalue weighted by atomic mass is 32.1. The van der Waals surface area contributed by atoms with Crippen LogP contribution in [0, 0.1) is 0 Å². The van der Waals surface area contributed by atoms with Gasteiger partial charge in [-0.1, -0.05) is 6.92 Å². The van der Waals surface area contributed by atoms with Gasteiger partial charge in [-0.3, -0.25) is 14.4 Å². The van der Waals surface area contributed by atoms with Crippen LogP contribution in [0.4, 0.5) is 0 Å². The van der Waals surface area contributed by atoms with Crippen LogP contribution >= 0.6 is 11.3 Å². The number of aryl methyl sites for hydroxylation is 2. The summed E-state index contributed by atoms with van der Waals surface area (Å²) in [4.78, 5) is 19.2. The largest absolute Gasteiger partial charge is 0.349 e. The number of thiazole rings is 1. The summed E-state index contributed by atoms with van der Waals surface area (Å²) < 4.78 is 1.65. The highest BCUT2D eigenvalue weighted by Gasteiger charge is 2.22. The molecule has 1 fully saturated rings. The molecule has 1 aliphatic heterocycles. The monoisotopic (exact) mass is 333 g/mol. The number of hydrogen-bond acceptors (Lipinski definition) is 5. The molecule has 0 aromatic carbocycles. The number of carbonyl (C=O) groups excluding carboxylic acids is 1. The summed E-state index contributed by atoms with van der Waals surface area (Å²) in [7, 11) is 1.82. The molecular formula is C16H23N5OS. The maximum absolute atomic E-state index is 12.1. The number of amides is 1. The molecule has 2 aromatic rings. The molecule has 0 unspecified atom stereocenters. The smallest absolute Gasteiger partial charge is 0.254 e. The van der Waals surface area contributed by atoms with E-state index >= 15 is 0 Å². The highest BCUT2D eigenvalue weighted by Crippen LogP contribution is 2.16. The number of nitrogens with zero attached hydrogens (tertiary/aromatic N) is 4. The summed E-state index contributed by atoms with van der Waals surface area (Å²) in [5.41, 5.74) is 1.80. The molecule has 1 aliphatic rings. The van der Waals surface area contributed by atoms with Gasteiger partial charge in [-0.15, -0.1) is 11.3 Å². The topological polar surface area (TPSA) is 63.1 Å². The summed E-state index contributed by atoms with van der Waals surface area (Å²) in [6, 6.07) is 0.251. The molecule has 3 heterocycles. The standard InChI is InChI=1S/C16H23N5OS/c1-3-15-18-14(11-23-15)10-21-6-4-13(5-7-21)19-16(22)12-8-17-20(2)9-12/h8-9,11,13H,3-7,10H2,1-2H3,(H,19,22). The zero-order chi connectivity index (χ0) is 16.2. The second kappa shape index (κ2) is 7.23. The van der Waals surface area contributed by atoms with Gasteiger partial charge in [0.25, 0.3) is 5.91 Å². The van der Waals surface area contributed by atoms with Crippen molar-refractivity contribution in [2.75, 3.05) is 13.1 Å². The fourth-order valence-corrected chi connectivity index (χ4v) is 3.59. The number of hydrogen-bond donors (Lipinski definition) is 1. The molecule has 1 N–H and O–H groups in total. The van der Waals surface area contributed by atoms with Crippen molar-refractivity contribution in [1.29, 1.82) is 0 Å². The third-order valence-corrected chi connectivity index (χ3v) is 5.22. The minimum absolute atomic E-state index is 0.0244. The lowest BCUT2D eigenvalue weighted by molar-refractivity contribution is 0.0908. The van der Waals surface area contributed by atoms with Crippen molar-refractivity contribution in [3.63, 3.8) is 0 Å². The fraction of sp³-hybridized carbons (Fsp3) is 0.562. The van der Waals surface area contributed by atoms with Crippen molar-refractivity contribution in [2.45, 2.75) is 38.8 Å². The quantitative estimate of drug-likeness (QED) is 0.907. The van der Waals surface area contributed by atoms with Crippen LogP contribution in [0.25, 0.3) is 0 Å². The van der Waals surface area contributed by atoms with Crippen LogP contribution in [-0.2, 0) is 20.0 Å². The summed E-state index contributed by atoms with van der Waals surface area (Å²) in [6.07, 6.45) is 6.33. The molecule has 7 heteroatoms. The Hall–Kier alpha value is -1.73. The lowest BCUT2D eigenvalue weighted by atomic mass is 10.0. The molecule has 0 atom stereocenters. The van der Waals surface area contributed by atoms with Gasteiger partial charge < -0.3 is 5.32 Å². The number of piperidine rings is 1. The average Bonchev–Trinajstić information content (AvgIpc) is 3.18. The van der Waals surface area contributed by atoms with Gasteiger partial charge in [-0.25, -0.2) is 4.98 Å². The normalized spacial score (nSPS) is 16.6. The number of nitrogens with one attached hydrogen (secondary N) is 1. The maximum Gasteiger partial charge on any atom is 0.254 e. The molecule has 6 nitrogen and oxygen atoms in total. The summed E-state index contributed by atoms with van der Waals surface area (Å²) in [5, 5.41) is 10.5. The zero-order valence-corrected chi connectivity index (χ0v) is 14.5. The van der Waals surface area contributed by atoms with Crippen LogP contribution in [0.15, 0.2) is 17.8 Å². The molecule has 0 saturated carbocycles. The van der Waals surface area contributed by atoms with Gasteiger partial charge in [0, 0.05) is 44.3 Å². The Morgan fingerprint density at radius 2 is 2.22 bits per heavy atom. The maximum atomic E-state index is 12.1. The van der Waals surface area contributed by atoms with Crippen LogP contribution in [0.3, 0.4) is 0 Å². The van der Waals surface area contributed by atoms with Crippen LogP contribution in [0.1, 0.15) is 40.8 Å². The van der Waals surface area contributed by atoms with E-state index in [1.807, 2.05) is 7.05 Å². The van der Waals surface area contributed by atoms with E-state index < -0.39 is 0 Å². The van der Waals surface area contributed by atoms with Gasteiger partial charge in [0.2, 0.25) is 0 Å². The van der Waals surface area contributed by atoms with Gasteiger partial charge in [0.15, 0.2) is 0 Å². The van der Waals surface area contributed by atoms with Crippen molar-refractivity contribution in [3.05, 3.63) is 34.0 Å². The molecule has 1 amide bonds. The molecular weight excluding hydrogens is 310 g/mol. The summed E-state index contributed by atoms with van der Waals surface area (Å²) >= 11 is 1.74. The second-order valence-electron chi connectivity index (χ2n) is 6.01. The van der Waals surface area contributed by atoms with Crippen LogP contribution in [0.5, 0.6) is 0 Å². The number of rotatable bonds is 5. The third kappa shape index (κ3) is 4.17. The Bertz CT molecular complexity index is 657. The first-order chi connectivity index (χ1) is 11.1. The predicted octanol–water partition coefficient (Wildman–Crippen LogP) is 1.83. The van der Waals surface area contributed by atoms with E-state index in [1.54, 1.807) is 28.4 Å².